The Bertz CT molecular complexity index is 943. The smallest absolute Gasteiger partial charge is 0.269 e. The lowest BCUT2D eigenvalue weighted by Crippen LogP contribution is -2.30. The van der Waals surface area contributed by atoms with Crippen molar-refractivity contribution < 1.29 is 13.2 Å². The van der Waals surface area contributed by atoms with Gasteiger partial charge < -0.3 is 0 Å². The SMILES string of the molecule is CN(CC#CCN1C(=O)c2ccccc2S1(=O)=O)Cc1ccccc1. The van der Waals surface area contributed by atoms with Crippen LogP contribution in [-0.2, 0) is 16.6 Å². The molecule has 2 aromatic carbocycles. The minimum atomic E-state index is -3.78. The Hall–Kier alpha value is -2.62. The van der Waals surface area contributed by atoms with E-state index in [1.54, 1.807) is 12.1 Å². The molecule has 1 heterocycles. The van der Waals surface area contributed by atoms with E-state index in [1.807, 2.05) is 42.3 Å². The molecule has 1 aliphatic heterocycles. The van der Waals surface area contributed by atoms with E-state index in [0.717, 1.165) is 10.8 Å². The molecule has 1 amide bonds. The molecule has 0 bridgehead atoms. The van der Waals surface area contributed by atoms with Gasteiger partial charge in [-0.25, -0.2) is 12.7 Å². The molecule has 3 rings (SSSR count). The van der Waals surface area contributed by atoms with Gasteiger partial charge in [0.2, 0.25) is 0 Å². The minimum absolute atomic E-state index is 0.0583. The van der Waals surface area contributed by atoms with Crippen LogP contribution in [0, 0.1) is 11.8 Å². The summed E-state index contributed by atoms with van der Waals surface area (Å²) in [5, 5.41) is 0. The van der Waals surface area contributed by atoms with Gasteiger partial charge in [-0.2, -0.15) is 0 Å². The molecule has 0 saturated heterocycles. The molecule has 2 aromatic rings. The summed E-state index contributed by atoms with van der Waals surface area (Å²) in [7, 11) is -1.84. The number of hydrogen-bond acceptors (Lipinski definition) is 4. The number of nitrogens with zero attached hydrogens (tertiary/aromatic N) is 2. The number of sulfonamides is 1. The van der Waals surface area contributed by atoms with Crippen molar-refractivity contribution in [3.63, 3.8) is 0 Å². The van der Waals surface area contributed by atoms with Crippen molar-refractivity contribution in [3.05, 3.63) is 65.7 Å². The predicted octanol–water partition coefficient (Wildman–Crippen LogP) is 1.97. The van der Waals surface area contributed by atoms with E-state index < -0.39 is 15.9 Å². The summed E-state index contributed by atoms with van der Waals surface area (Å²) < 4.78 is 25.6. The van der Waals surface area contributed by atoms with E-state index in [2.05, 4.69) is 11.8 Å². The second-order valence-corrected chi connectivity index (χ2v) is 7.66. The minimum Gasteiger partial charge on any atom is -0.291 e. The van der Waals surface area contributed by atoms with Crippen molar-refractivity contribution in [1.82, 2.24) is 9.21 Å². The lowest BCUT2D eigenvalue weighted by atomic mass is 10.2. The highest BCUT2D eigenvalue weighted by Gasteiger charge is 2.40. The number of rotatable bonds is 4. The maximum atomic E-state index is 12.4. The van der Waals surface area contributed by atoms with Crippen molar-refractivity contribution in [2.75, 3.05) is 20.1 Å². The summed E-state index contributed by atoms with van der Waals surface area (Å²) in [6, 6.07) is 16.2. The standard InChI is InChI=1S/C19H18N2O3S/c1-20(15-16-9-3-2-4-10-16)13-7-8-14-21-19(22)17-11-5-6-12-18(17)25(21,23)24/h2-6,9-12H,13-15H2,1H3. The average molecular weight is 354 g/mol. The first-order valence-electron chi connectivity index (χ1n) is 7.84. The van der Waals surface area contributed by atoms with E-state index in [0.29, 0.717) is 6.54 Å². The average Bonchev–Trinajstić information content (AvgIpc) is 2.80. The van der Waals surface area contributed by atoms with E-state index >= 15 is 0 Å². The largest absolute Gasteiger partial charge is 0.291 e. The van der Waals surface area contributed by atoms with Crippen molar-refractivity contribution >= 4 is 15.9 Å². The zero-order valence-corrected chi connectivity index (χ0v) is 14.7. The number of amides is 1. The number of carbonyl (C=O) groups excluding carboxylic acids is 1. The number of hydrogen-bond donors (Lipinski definition) is 0. The van der Waals surface area contributed by atoms with Crippen LogP contribution in [0.1, 0.15) is 15.9 Å². The maximum absolute atomic E-state index is 12.4. The summed E-state index contributed by atoms with van der Waals surface area (Å²) in [4.78, 5) is 14.3. The molecule has 0 unspecified atom stereocenters. The zero-order valence-electron chi connectivity index (χ0n) is 13.8. The summed E-state index contributed by atoms with van der Waals surface area (Å²) in [6.07, 6.45) is 0. The van der Waals surface area contributed by atoms with Crippen LogP contribution in [0.2, 0.25) is 0 Å². The van der Waals surface area contributed by atoms with Gasteiger partial charge in [-0.3, -0.25) is 9.69 Å². The molecular weight excluding hydrogens is 336 g/mol. The zero-order chi connectivity index (χ0) is 17.9. The lowest BCUT2D eigenvalue weighted by molar-refractivity contribution is 0.0882. The van der Waals surface area contributed by atoms with Gasteiger partial charge in [0.05, 0.1) is 18.7 Å². The van der Waals surface area contributed by atoms with Crippen LogP contribution < -0.4 is 0 Å². The van der Waals surface area contributed by atoms with Crippen LogP contribution in [0.3, 0.4) is 0 Å². The first-order valence-corrected chi connectivity index (χ1v) is 9.28. The van der Waals surface area contributed by atoms with Crippen LogP contribution in [0.25, 0.3) is 0 Å². The van der Waals surface area contributed by atoms with Crippen LogP contribution in [-0.4, -0.2) is 43.7 Å². The van der Waals surface area contributed by atoms with Gasteiger partial charge in [0.25, 0.3) is 15.9 Å². The second kappa shape index (κ2) is 7.09. The number of carbonyl (C=O) groups is 1. The Morgan fingerprint density at radius 2 is 1.68 bits per heavy atom. The van der Waals surface area contributed by atoms with E-state index in [1.165, 1.54) is 17.7 Å². The van der Waals surface area contributed by atoms with Crippen LogP contribution in [0.4, 0.5) is 0 Å². The highest BCUT2D eigenvalue weighted by Crippen LogP contribution is 2.29. The molecule has 0 saturated carbocycles. The summed E-state index contributed by atoms with van der Waals surface area (Å²) in [6.45, 7) is 1.11. The molecule has 0 fully saturated rings. The van der Waals surface area contributed by atoms with Crippen molar-refractivity contribution in [2.45, 2.75) is 11.4 Å². The Labute approximate surface area is 147 Å². The number of benzene rings is 2. The highest BCUT2D eigenvalue weighted by atomic mass is 32.2. The van der Waals surface area contributed by atoms with Gasteiger partial charge in [-0.15, -0.1) is 0 Å². The monoisotopic (exact) mass is 354 g/mol. The predicted molar refractivity (Wildman–Crippen MR) is 95.2 cm³/mol. The quantitative estimate of drug-likeness (QED) is 0.788. The third kappa shape index (κ3) is 3.58. The van der Waals surface area contributed by atoms with Crippen molar-refractivity contribution in [1.29, 1.82) is 0 Å². The second-order valence-electron chi connectivity index (χ2n) is 5.82. The maximum Gasteiger partial charge on any atom is 0.269 e. The molecule has 0 atom stereocenters. The van der Waals surface area contributed by atoms with Gasteiger partial charge in [-0.1, -0.05) is 54.3 Å². The van der Waals surface area contributed by atoms with Crippen LogP contribution in [0.15, 0.2) is 59.5 Å². The Morgan fingerprint density at radius 1 is 1.00 bits per heavy atom. The molecule has 128 valence electrons. The van der Waals surface area contributed by atoms with Crippen molar-refractivity contribution in [3.8, 4) is 11.8 Å². The third-order valence-corrected chi connectivity index (χ3v) is 5.69. The van der Waals surface area contributed by atoms with Crippen LogP contribution >= 0.6 is 0 Å². The molecule has 0 aromatic heterocycles. The Balaban J connectivity index is 1.62. The van der Waals surface area contributed by atoms with E-state index in [4.69, 9.17) is 0 Å². The Kier molecular flexibility index (Phi) is 4.88. The van der Waals surface area contributed by atoms with Gasteiger partial charge >= 0.3 is 0 Å². The van der Waals surface area contributed by atoms with Gasteiger partial charge in [-0.05, 0) is 24.7 Å². The fourth-order valence-electron chi connectivity index (χ4n) is 2.66. The van der Waals surface area contributed by atoms with Crippen LogP contribution in [0.5, 0.6) is 0 Å². The molecule has 0 aliphatic carbocycles. The Morgan fingerprint density at radius 3 is 2.40 bits per heavy atom. The first-order chi connectivity index (χ1) is 12.0. The van der Waals surface area contributed by atoms with Crippen molar-refractivity contribution in [2.24, 2.45) is 0 Å². The fourth-order valence-corrected chi connectivity index (χ4v) is 4.13. The molecule has 0 spiro atoms. The van der Waals surface area contributed by atoms with Gasteiger partial charge in [0.15, 0.2) is 0 Å². The third-order valence-electron chi connectivity index (χ3n) is 3.90. The number of fused-ring (bicyclic) bond motifs is 1. The van der Waals surface area contributed by atoms with Gasteiger partial charge in [0, 0.05) is 6.54 Å². The molecule has 1 aliphatic rings. The van der Waals surface area contributed by atoms with Gasteiger partial charge in [0.1, 0.15) is 4.90 Å². The molecule has 0 N–H and O–H groups in total. The molecule has 25 heavy (non-hydrogen) atoms. The summed E-state index contributed by atoms with van der Waals surface area (Å²) in [5.41, 5.74) is 1.39. The molecule has 0 radical (unpaired) electrons. The highest BCUT2D eigenvalue weighted by molar-refractivity contribution is 7.90. The molecule has 5 nitrogen and oxygen atoms in total. The normalized spacial score (nSPS) is 15.0. The molecular formula is C19H18N2O3S. The topological polar surface area (TPSA) is 57.7 Å². The summed E-state index contributed by atoms with van der Waals surface area (Å²) in [5.74, 6) is 5.22. The fraction of sp³-hybridized carbons (Fsp3) is 0.211. The summed E-state index contributed by atoms with van der Waals surface area (Å²) >= 11 is 0. The molecule has 6 heteroatoms. The van der Waals surface area contributed by atoms with E-state index in [9.17, 15) is 13.2 Å². The lowest BCUT2D eigenvalue weighted by Gasteiger charge is -2.13. The van der Waals surface area contributed by atoms with E-state index in [-0.39, 0.29) is 17.0 Å². The first kappa shape index (κ1) is 17.2.